The fourth-order valence-electron chi connectivity index (χ4n) is 3.52. The Kier molecular flexibility index (Phi) is 8.36. The van der Waals surface area contributed by atoms with E-state index in [0.717, 1.165) is 16.5 Å². The highest BCUT2D eigenvalue weighted by atomic mass is 32.2. The third-order valence-electron chi connectivity index (χ3n) is 5.17. The Morgan fingerprint density at radius 2 is 1.71 bits per heavy atom. The number of carbonyl (C=O) groups excluding carboxylic acids is 1. The summed E-state index contributed by atoms with van der Waals surface area (Å²) in [6.45, 7) is 3.05. The van der Waals surface area contributed by atoms with Crippen LogP contribution in [0.1, 0.15) is 35.6 Å². The van der Waals surface area contributed by atoms with Crippen LogP contribution in [0.4, 0.5) is 5.82 Å². The van der Waals surface area contributed by atoms with Crippen LogP contribution in [-0.2, 0) is 27.7 Å². The molecule has 1 amide bonds. The number of nitrogens with one attached hydrogen (secondary N) is 2. The summed E-state index contributed by atoms with van der Waals surface area (Å²) in [6.07, 6.45) is 1.20. The SMILES string of the molecule is CC(C)CS(=O)(=O)NC(CNC(=O)c1ccc(CCc2nc(N)c3ccccc3n2)cc1)C(=O)O. The molecular weight excluding hydrogens is 470 g/mol. The van der Waals surface area contributed by atoms with Gasteiger partial charge in [-0.1, -0.05) is 38.1 Å². The number of nitrogens with zero attached hydrogens (tertiary/aromatic N) is 2. The van der Waals surface area contributed by atoms with Crippen molar-refractivity contribution in [2.45, 2.75) is 32.7 Å². The molecule has 0 saturated carbocycles. The molecule has 1 unspecified atom stereocenters. The first kappa shape index (κ1) is 26.0. The molecule has 0 fully saturated rings. The Morgan fingerprint density at radius 1 is 1.03 bits per heavy atom. The molecule has 1 atom stereocenters. The highest BCUT2D eigenvalue weighted by Gasteiger charge is 2.25. The van der Waals surface area contributed by atoms with Crippen LogP contribution in [0.15, 0.2) is 48.5 Å². The summed E-state index contributed by atoms with van der Waals surface area (Å²) < 4.78 is 26.2. The number of sulfonamides is 1. The third kappa shape index (κ3) is 7.46. The second-order valence-electron chi connectivity index (χ2n) is 8.63. The summed E-state index contributed by atoms with van der Waals surface area (Å²) in [5.74, 6) is -1.18. The maximum absolute atomic E-state index is 12.5. The van der Waals surface area contributed by atoms with E-state index in [1.165, 1.54) is 0 Å². The van der Waals surface area contributed by atoms with E-state index in [4.69, 9.17) is 5.73 Å². The number of aromatic nitrogens is 2. The minimum absolute atomic E-state index is 0.166. The molecule has 2 aromatic carbocycles. The summed E-state index contributed by atoms with van der Waals surface area (Å²) in [4.78, 5) is 32.8. The quantitative estimate of drug-likeness (QED) is 0.310. The predicted molar refractivity (Wildman–Crippen MR) is 133 cm³/mol. The van der Waals surface area contributed by atoms with E-state index >= 15 is 0 Å². The van der Waals surface area contributed by atoms with Gasteiger partial charge in [0.1, 0.15) is 17.7 Å². The number of carboxylic acids is 1. The maximum atomic E-state index is 12.5. The molecule has 0 bridgehead atoms. The van der Waals surface area contributed by atoms with Crippen molar-refractivity contribution in [2.24, 2.45) is 5.92 Å². The summed E-state index contributed by atoms with van der Waals surface area (Å²) in [5, 5.41) is 12.6. The van der Waals surface area contributed by atoms with Gasteiger partial charge in [-0.15, -0.1) is 0 Å². The van der Waals surface area contributed by atoms with Gasteiger partial charge in [-0.3, -0.25) is 9.59 Å². The van der Waals surface area contributed by atoms with Gasteiger partial charge in [-0.25, -0.2) is 18.4 Å². The molecule has 0 radical (unpaired) electrons. The standard InChI is InChI=1S/C24H29N5O5S/c1-15(2)14-35(33,34)29-20(24(31)32)13-26-23(30)17-10-7-16(8-11-17)9-12-21-27-19-6-4-3-5-18(19)22(25)28-21/h3-8,10-11,15,20,29H,9,12-14H2,1-2H3,(H,26,30)(H,31,32)(H2,25,27,28). The number of aliphatic carboxylic acids is 1. The Labute approximate surface area is 204 Å². The number of benzene rings is 2. The van der Waals surface area contributed by atoms with Crippen LogP contribution in [0, 0.1) is 5.92 Å². The second-order valence-corrected chi connectivity index (χ2v) is 10.4. The molecule has 1 aromatic heterocycles. The fourth-order valence-corrected chi connectivity index (χ4v) is 5.11. The van der Waals surface area contributed by atoms with Crippen LogP contribution < -0.4 is 15.8 Å². The van der Waals surface area contributed by atoms with Crippen molar-refractivity contribution in [2.75, 3.05) is 18.0 Å². The van der Waals surface area contributed by atoms with Crippen molar-refractivity contribution < 1.29 is 23.1 Å². The van der Waals surface area contributed by atoms with E-state index in [1.54, 1.807) is 38.1 Å². The van der Waals surface area contributed by atoms with E-state index < -0.39 is 27.9 Å². The van der Waals surface area contributed by atoms with E-state index in [2.05, 4.69) is 20.0 Å². The van der Waals surface area contributed by atoms with Crippen LogP contribution in [0.5, 0.6) is 0 Å². The lowest BCUT2D eigenvalue weighted by Gasteiger charge is -2.16. The van der Waals surface area contributed by atoms with Crippen molar-refractivity contribution in [3.8, 4) is 0 Å². The number of nitrogen functional groups attached to an aromatic ring is 1. The van der Waals surface area contributed by atoms with Crippen LogP contribution in [0.2, 0.25) is 0 Å². The first-order valence-electron chi connectivity index (χ1n) is 11.1. The maximum Gasteiger partial charge on any atom is 0.323 e. The first-order chi connectivity index (χ1) is 16.5. The number of fused-ring (bicyclic) bond motifs is 1. The van der Waals surface area contributed by atoms with Crippen LogP contribution in [-0.4, -0.2) is 53.7 Å². The summed E-state index contributed by atoms with van der Waals surface area (Å²) in [6, 6.07) is 12.9. The molecular formula is C24H29N5O5S. The van der Waals surface area contributed by atoms with E-state index in [-0.39, 0.29) is 18.2 Å². The van der Waals surface area contributed by atoms with Gasteiger partial charge in [0.2, 0.25) is 10.0 Å². The van der Waals surface area contributed by atoms with Crippen molar-refractivity contribution in [3.63, 3.8) is 0 Å². The minimum atomic E-state index is -3.79. The number of hydrogen-bond donors (Lipinski definition) is 4. The van der Waals surface area contributed by atoms with Gasteiger partial charge >= 0.3 is 5.97 Å². The molecule has 35 heavy (non-hydrogen) atoms. The summed E-state index contributed by atoms with van der Waals surface area (Å²) in [5.41, 5.74) is 8.11. The zero-order chi connectivity index (χ0) is 25.6. The largest absolute Gasteiger partial charge is 0.480 e. The molecule has 0 aliphatic rings. The lowest BCUT2D eigenvalue weighted by Crippen LogP contribution is -2.49. The molecule has 0 aliphatic heterocycles. The second kappa shape index (κ2) is 11.2. The average molecular weight is 500 g/mol. The minimum Gasteiger partial charge on any atom is -0.480 e. The number of aryl methyl sites for hydroxylation is 2. The molecule has 1 heterocycles. The van der Waals surface area contributed by atoms with E-state index in [0.29, 0.717) is 30.0 Å². The van der Waals surface area contributed by atoms with Crippen molar-refractivity contribution in [1.29, 1.82) is 0 Å². The van der Waals surface area contributed by atoms with Crippen LogP contribution in [0.25, 0.3) is 10.9 Å². The molecule has 11 heteroatoms. The smallest absolute Gasteiger partial charge is 0.323 e. The fraction of sp³-hybridized carbons (Fsp3) is 0.333. The number of carbonyl (C=O) groups is 2. The normalized spacial score (nSPS) is 12.5. The van der Waals surface area contributed by atoms with Gasteiger partial charge in [-0.05, 0) is 42.2 Å². The van der Waals surface area contributed by atoms with E-state index in [9.17, 15) is 23.1 Å². The Balaban J connectivity index is 1.57. The predicted octanol–water partition coefficient (Wildman–Crippen LogP) is 1.76. The molecule has 0 spiro atoms. The number of rotatable bonds is 11. The van der Waals surface area contributed by atoms with Gasteiger partial charge in [0.05, 0.1) is 11.3 Å². The summed E-state index contributed by atoms with van der Waals surface area (Å²) >= 11 is 0. The van der Waals surface area contributed by atoms with Crippen molar-refractivity contribution in [3.05, 3.63) is 65.5 Å². The number of carboxylic acid groups (broad SMARTS) is 1. The summed E-state index contributed by atoms with van der Waals surface area (Å²) in [7, 11) is -3.79. The Morgan fingerprint density at radius 3 is 2.37 bits per heavy atom. The number of amides is 1. The number of hydrogen-bond acceptors (Lipinski definition) is 7. The van der Waals surface area contributed by atoms with Crippen LogP contribution >= 0.6 is 0 Å². The molecule has 0 aliphatic carbocycles. The molecule has 186 valence electrons. The lowest BCUT2D eigenvalue weighted by atomic mass is 10.1. The van der Waals surface area contributed by atoms with Gasteiger partial charge in [0.25, 0.3) is 5.91 Å². The van der Waals surface area contributed by atoms with Gasteiger partial charge in [0, 0.05) is 23.9 Å². The third-order valence-corrected chi connectivity index (χ3v) is 6.92. The monoisotopic (exact) mass is 499 g/mol. The molecule has 0 saturated heterocycles. The number of para-hydroxylation sites is 1. The highest BCUT2D eigenvalue weighted by molar-refractivity contribution is 7.89. The lowest BCUT2D eigenvalue weighted by molar-refractivity contribution is -0.138. The van der Waals surface area contributed by atoms with E-state index in [1.807, 2.05) is 24.3 Å². The van der Waals surface area contributed by atoms with Gasteiger partial charge in [0.15, 0.2) is 0 Å². The number of nitrogens with two attached hydrogens (primary N) is 1. The zero-order valence-corrected chi connectivity index (χ0v) is 20.4. The Hall–Kier alpha value is -3.57. The van der Waals surface area contributed by atoms with Crippen molar-refractivity contribution >= 4 is 38.6 Å². The topological polar surface area (TPSA) is 164 Å². The van der Waals surface area contributed by atoms with Gasteiger partial charge in [-0.2, -0.15) is 4.72 Å². The molecule has 3 aromatic rings. The number of anilines is 1. The molecule has 10 nitrogen and oxygen atoms in total. The Bertz CT molecular complexity index is 1310. The molecule has 3 rings (SSSR count). The van der Waals surface area contributed by atoms with Gasteiger partial charge < -0.3 is 16.2 Å². The highest BCUT2D eigenvalue weighted by Crippen LogP contribution is 2.18. The average Bonchev–Trinajstić information content (AvgIpc) is 2.79. The van der Waals surface area contributed by atoms with Crippen molar-refractivity contribution in [1.82, 2.24) is 20.0 Å². The molecule has 5 N–H and O–H groups in total. The van der Waals surface area contributed by atoms with Crippen LogP contribution in [0.3, 0.4) is 0 Å². The zero-order valence-electron chi connectivity index (χ0n) is 19.6. The first-order valence-corrected chi connectivity index (χ1v) is 12.8.